The fourth-order valence-electron chi connectivity index (χ4n) is 2.98. The molecule has 7 heteroatoms. The van der Waals surface area contributed by atoms with E-state index >= 15 is 0 Å². The van der Waals surface area contributed by atoms with Crippen molar-refractivity contribution in [3.8, 4) is 0 Å². The third-order valence-electron chi connectivity index (χ3n) is 4.13. The second-order valence-electron chi connectivity index (χ2n) is 5.33. The van der Waals surface area contributed by atoms with E-state index in [0.29, 0.717) is 6.54 Å². The average Bonchev–Trinajstić information content (AvgIpc) is 2.93. The number of carbonyl (C=O) groups is 1. The first kappa shape index (κ1) is 15.4. The Morgan fingerprint density at radius 1 is 1.52 bits per heavy atom. The van der Waals surface area contributed by atoms with E-state index in [4.69, 9.17) is 5.73 Å². The lowest BCUT2D eigenvalue weighted by molar-refractivity contribution is -0.385. The molecule has 0 aliphatic heterocycles. The van der Waals surface area contributed by atoms with Crippen LogP contribution in [-0.2, 0) is 0 Å². The topological polar surface area (TPSA) is 89.5 Å². The largest absolute Gasteiger partial charge is 0.338 e. The van der Waals surface area contributed by atoms with Gasteiger partial charge in [-0.25, -0.2) is 4.39 Å². The highest BCUT2D eigenvalue weighted by Gasteiger charge is 2.34. The number of benzene rings is 1. The number of carbonyl (C=O) groups excluding carboxylic acids is 1. The number of nitrogens with two attached hydrogens (primary N) is 1. The Kier molecular flexibility index (Phi) is 4.52. The minimum absolute atomic E-state index is 0.0506. The van der Waals surface area contributed by atoms with Gasteiger partial charge >= 0.3 is 0 Å². The molecule has 1 amide bonds. The first-order chi connectivity index (χ1) is 9.95. The molecule has 0 spiro atoms. The Hall–Kier alpha value is -2.02. The molecule has 0 radical (unpaired) electrons. The molecule has 2 N–H and O–H groups in total. The van der Waals surface area contributed by atoms with Crippen molar-refractivity contribution in [2.75, 3.05) is 13.6 Å². The molecule has 0 saturated heterocycles. The van der Waals surface area contributed by atoms with Gasteiger partial charge in [0.1, 0.15) is 11.4 Å². The van der Waals surface area contributed by atoms with Crippen LogP contribution in [0, 0.1) is 21.8 Å². The standard InChI is InChI=1S/C14H18FN3O3/c1-17(12-4-2-3-9(12)8-16)14(19)11-7-10(15)5-6-13(11)18(20)21/h5-7,9,12H,2-4,8,16H2,1H3. The van der Waals surface area contributed by atoms with Gasteiger partial charge in [-0.1, -0.05) is 6.42 Å². The van der Waals surface area contributed by atoms with Crippen molar-refractivity contribution in [2.24, 2.45) is 11.7 Å². The lowest BCUT2D eigenvalue weighted by atomic mass is 10.0. The minimum Gasteiger partial charge on any atom is -0.338 e. The van der Waals surface area contributed by atoms with E-state index < -0.39 is 16.6 Å². The van der Waals surface area contributed by atoms with Crippen LogP contribution in [0.2, 0.25) is 0 Å². The summed E-state index contributed by atoms with van der Waals surface area (Å²) in [6.45, 7) is 0.466. The highest BCUT2D eigenvalue weighted by molar-refractivity contribution is 5.98. The first-order valence-corrected chi connectivity index (χ1v) is 6.87. The number of amides is 1. The van der Waals surface area contributed by atoms with Crippen molar-refractivity contribution in [1.29, 1.82) is 0 Å². The summed E-state index contributed by atoms with van der Waals surface area (Å²) in [5.74, 6) is -1.02. The smallest absolute Gasteiger partial charge is 0.282 e. The van der Waals surface area contributed by atoms with Crippen LogP contribution in [0.3, 0.4) is 0 Å². The van der Waals surface area contributed by atoms with E-state index in [1.54, 1.807) is 7.05 Å². The van der Waals surface area contributed by atoms with Gasteiger partial charge in [-0.05, 0) is 37.4 Å². The van der Waals surface area contributed by atoms with E-state index in [0.717, 1.165) is 37.5 Å². The molecule has 1 saturated carbocycles. The molecule has 1 aliphatic rings. The minimum atomic E-state index is -0.671. The molecule has 0 aromatic heterocycles. The predicted molar refractivity (Wildman–Crippen MR) is 75.3 cm³/mol. The third-order valence-corrected chi connectivity index (χ3v) is 4.13. The molecule has 6 nitrogen and oxygen atoms in total. The number of nitro groups is 1. The molecule has 1 aromatic rings. The van der Waals surface area contributed by atoms with Gasteiger partial charge in [-0.2, -0.15) is 0 Å². The zero-order chi connectivity index (χ0) is 15.6. The molecule has 1 aromatic carbocycles. The molecule has 2 rings (SSSR count). The van der Waals surface area contributed by atoms with Gasteiger partial charge in [0.15, 0.2) is 0 Å². The van der Waals surface area contributed by atoms with Crippen LogP contribution >= 0.6 is 0 Å². The molecule has 2 atom stereocenters. The summed E-state index contributed by atoms with van der Waals surface area (Å²) in [5.41, 5.74) is 5.10. The zero-order valence-electron chi connectivity index (χ0n) is 11.8. The van der Waals surface area contributed by atoms with Crippen molar-refractivity contribution in [3.63, 3.8) is 0 Å². The van der Waals surface area contributed by atoms with Crippen LogP contribution in [0.25, 0.3) is 0 Å². The molecule has 21 heavy (non-hydrogen) atoms. The highest BCUT2D eigenvalue weighted by atomic mass is 19.1. The maximum Gasteiger partial charge on any atom is 0.282 e. The van der Waals surface area contributed by atoms with Crippen molar-refractivity contribution in [2.45, 2.75) is 25.3 Å². The fraction of sp³-hybridized carbons (Fsp3) is 0.500. The number of rotatable bonds is 4. The van der Waals surface area contributed by atoms with Gasteiger partial charge in [0.2, 0.25) is 0 Å². The van der Waals surface area contributed by atoms with Crippen molar-refractivity contribution in [1.82, 2.24) is 4.90 Å². The summed E-state index contributed by atoms with van der Waals surface area (Å²) in [6.07, 6.45) is 2.71. The molecular weight excluding hydrogens is 277 g/mol. The van der Waals surface area contributed by atoms with Crippen LogP contribution in [0.1, 0.15) is 29.6 Å². The number of hydrogen-bond acceptors (Lipinski definition) is 4. The molecule has 0 bridgehead atoms. The van der Waals surface area contributed by atoms with Crippen LogP contribution in [0.5, 0.6) is 0 Å². The highest BCUT2D eigenvalue weighted by Crippen LogP contribution is 2.30. The number of hydrogen-bond donors (Lipinski definition) is 1. The van der Waals surface area contributed by atoms with Gasteiger partial charge in [-0.3, -0.25) is 14.9 Å². The fourth-order valence-corrected chi connectivity index (χ4v) is 2.98. The summed E-state index contributed by atoms with van der Waals surface area (Å²) >= 11 is 0. The molecule has 114 valence electrons. The van der Waals surface area contributed by atoms with Crippen molar-refractivity contribution in [3.05, 3.63) is 39.7 Å². The van der Waals surface area contributed by atoms with E-state index in [1.807, 2.05) is 0 Å². The molecule has 1 aliphatic carbocycles. The summed E-state index contributed by atoms with van der Waals surface area (Å²) in [4.78, 5) is 24.3. The predicted octanol–water partition coefficient (Wildman–Crippen LogP) is 1.93. The molecule has 2 unspecified atom stereocenters. The number of nitro benzene ring substituents is 1. The van der Waals surface area contributed by atoms with Crippen molar-refractivity contribution >= 4 is 11.6 Å². The lowest BCUT2D eigenvalue weighted by Crippen LogP contribution is -2.41. The second-order valence-corrected chi connectivity index (χ2v) is 5.33. The monoisotopic (exact) mass is 295 g/mol. The number of nitrogens with zero attached hydrogens (tertiary/aromatic N) is 2. The number of halogens is 1. The third kappa shape index (κ3) is 3.02. The Balaban J connectivity index is 2.31. The Bertz CT molecular complexity index is 564. The van der Waals surface area contributed by atoms with Gasteiger partial charge < -0.3 is 10.6 Å². The van der Waals surface area contributed by atoms with Gasteiger partial charge in [0.05, 0.1) is 4.92 Å². The van der Waals surface area contributed by atoms with Crippen LogP contribution in [0.4, 0.5) is 10.1 Å². The zero-order valence-corrected chi connectivity index (χ0v) is 11.8. The summed E-state index contributed by atoms with van der Waals surface area (Å²) in [6, 6.07) is 2.87. The lowest BCUT2D eigenvalue weighted by Gasteiger charge is -2.29. The Labute approximate surface area is 121 Å². The molecular formula is C14H18FN3O3. The van der Waals surface area contributed by atoms with Gasteiger partial charge in [0.25, 0.3) is 11.6 Å². The van der Waals surface area contributed by atoms with Crippen LogP contribution in [0.15, 0.2) is 18.2 Å². The summed E-state index contributed by atoms with van der Waals surface area (Å²) < 4.78 is 13.3. The normalized spacial score (nSPS) is 21.3. The maximum atomic E-state index is 13.3. The summed E-state index contributed by atoms with van der Waals surface area (Å²) in [5, 5.41) is 11.0. The first-order valence-electron chi connectivity index (χ1n) is 6.87. The van der Waals surface area contributed by atoms with E-state index in [2.05, 4.69) is 0 Å². The SMILES string of the molecule is CN(C(=O)c1cc(F)ccc1[N+](=O)[O-])C1CCCC1CN. The molecule has 1 fully saturated rings. The van der Waals surface area contributed by atoms with Crippen molar-refractivity contribution < 1.29 is 14.1 Å². The quantitative estimate of drug-likeness (QED) is 0.679. The van der Waals surface area contributed by atoms with Crippen LogP contribution in [-0.4, -0.2) is 35.4 Å². The van der Waals surface area contributed by atoms with Crippen LogP contribution < -0.4 is 5.73 Å². The summed E-state index contributed by atoms with van der Waals surface area (Å²) in [7, 11) is 1.59. The maximum absolute atomic E-state index is 13.3. The second kappa shape index (κ2) is 6.17. The van der Waals surface area contributed by atoms with E-state index in [-0.39, 0.29) is 23.2 Å². The van der Waals surface area contributed by atoms with E-state index in [1.165, 1.54) is 4.90 Å². The average molecular weight is 295 g/mol. The van der Waals surface area contributed by atoms with Gasteiger partial charge in [-0.15, -0.1) is 0 Å². The van der Waals surface area contributed by atoms with Gasteiger partial charge in [0, 0.05) is 19.2 Å². The van der Waals surface area contributed by atoms with E-state index in [9.17, 15) is 19.3 Å². The Morgan fingerprint density at radius 3 is 2.86 bits per heavy atom. The molecule has 0 heterocycles. The Morgan fingerprint density at radius 2 is 2.24 bits per heavy atom.